The summed E-state index contributed by atoms with van der Waals surface area (Å²) < 4.78 is 0. The number of anilines is 1. The van der Waals surface area contributed by atoms with Gasteiger partial charge in [-0.2, -0.15) is 0 Å². The lowest BCUT2D eigenvalue weighted by molar-refractivity contribution is -0.124. The lowest BCUT2D eigenvalue weighted by Gasteiger charge is -2.11. The van der Waals surface area contributed by atoms with Crippen molar-refractivity contribution >= 4 is 29.1 Å². The molecule has 2 N–H and O–H groups in total. The van der Waals surface area contributed by atoms with Crippen molar-refractivity contribution in [1.82, 2.24) is 5.32 Å². The lowest BCUT2D eigenvalue weighted by Crippen LogP contribution is -2.29. The Bertz CT molecular complexity index is 459. The van der Waals surface area contributed by atoms with Gasteiger partial charge in [0.25, 0.3) is 0 Å². The van der Waals surface area contributed by atoms with Crippen LogP contribution in [0.25, 0.3) is 0 Å². The van der Waals surface area contributed by atoms with Crippen LogP contribution in [0.1, 0.15) is 12.0 Å². The normalized spacial score (nSPS) is 19.8. The summed E-state index contributed by atoms with van der Waals surface area (Å²) in [4.78, 5) is 22.3. The average Bonchev–Trinajstić information content (AvgIpc) is 2.51. The molecule has 0 bridgehead atoms. The van der Waals surface area contributed by atoms with Crippen LogP contribution in [0.5, 0.6) is 0 Å². The van der Waals surface area contributed by atoms with Crippen molar-refractivity contribution in [3.8, 4) is 0 Å². The minimum atomic E-state index is -0.494. The summed E-state index contributed by atoms with van der Waals surface area (Å²) in [6.07, 6.45) is 0.171. The molecule has 2 amide bonds. The molecule has 84 valence electrons. The molecular weight excluding hydrogens is 228 g/mol. The van der Waals surface area contributed by atoms with Gasteiger partial charge in [0.2, 0.25) is 11.8 Å². The van der Waals surface area contributed by atoms with Crippen LogP contribution in [-0.4, -0.2) is 17.9 Å². The molecule has 1 aliphatic heterocycles. The van der Waals surface area contributed by atoms with Crippen molar-refractivity contribution in [3.05, 3.63) is 28.8 Å². The fourth-order valence-corrected chi connectivity index (χ4v) is 1.73. The van der Waals surface area contributed by atoms with Gasteiger partial charge >= 0.3 is 0 Å². The molecule has 0 spiro atoms. The Morgan fingerprint density at radius 2 is 2.19 bits per heavy atom. The van der Waals surface area contributed by atoms with Gasteiger partial charge in [-0.1, -0.05) is 17.7 Å². The fourth-order valence-electron chi connectivity index (χ4n) is 1.55. The molecular formula is C11H11ClN2O2. The Labute approximate surface area is 98.0 Å². The summed E-state index contributed by atoms with van der Waals surface area (Å²) in [6, 6.07) is 4.94. The molecule has 1 unspecified atom stereocenters. The van der Waals surface area contributed by atoms with Crippen molar-refractivity contribution in [2.45, 2.75) is 19.4 Å². The second kappa shape index (κ2) is 4.14. The quantitative estimate of drug-likeness (QED) is 0.768. The Hall–Kier alpha value is -1.55. The maximum atomic E-state index is 11.3. The Morgan fingerprint density at radius 1 is 1.44 bits per heavy atom. The average molecular weight is 239 g/mol. The third-order valence-electron chi connectivity index (χ3n) is 2.48. The first kappa shape index (κ1) is 11.0. The predicted octanol–water partition coefficient (Wildman–Crippen LogP) is 1.48. The van der Waals surface area contributed by atoms with E-state index in [0.29, 0.717) is 5.02 Å². The van der Waals surface area contributed by atoms with Crippen LogP contribution in [0, 0.1) is 6.92 Å². The molecule has 1 heterocycles. The molecule has 5 heteroatoms. The van der Waals surface area contributed by atoms with Gasteiger partial charge in [-0.3, -0.25) is 14.9 Å². The predicted molar refractivity (Wildman–Crippen MR) is 61.4 cm³/mol. The van der Waals surface area contributed by atoms with Crippen LogP contribution in [0.3, 0.4) is 0 Å². The first-order chi connectivity index (χ1) is 7.56. The number of nitrogens with one attached hydrogen (secondary N) is 2. The molecule has 1 fully saturated rings. The number of hydrogen-bond donors (Lipinski definition) is 2. The van der Waals surface area contributed by atoms with Crippen LogP contribution in [0.4, 0.5) is 5.69 Å². The minimum Gasteiger partial charge on any atom is -0.373 e. The van der Waals surface area contributed by atoms with Gasteiger partial charge < -0.3 is 5.32 Å². The van der Waals surface area contributed by atoms with Gasteiger partial charge in [0.15, 0.2) is 0 Å². The van der Waals surface area contributed by atoms with Gasteiger partial charge in [-0.05, 0) is 24.6 Å². The number of benzene rings is 1. The van der Waals surface area contributed by atoms with Gasteiger partial charge in [0, 0.05) is 10.7 Å². The van der Waals surface area contributed by atoms with Crippen LogP contribution in [-0.2, 0) is 9.59 Å². The van der Waals surface area contributed by atoms with E-state index in [1.54, 1.807) is 6.07 Å². The van der Waals surface area contributed by atoms with E-state index in [1.807, 2.05) is 19.1 Å². The second-order valence-corrected chi connectivity index (χ2v) is 4.18. The molecule has 0 aliphatic carbocycles. The van der Waals surface area contributed by atoms with Gasteiger partial charge in [0.05, 0.1) is 6.42 Å². The molecule has 4 nitrogen and oxygen atoms in total. The highest BCUT2D eigenvalue weighted by molar-refractivity contribution is 6.31. The van der Waals surface area contributed by atoms with Crippen LogP contribution in [0.15, 0.2) is 18.2 Å². The first-order valence-electron chi connectivity index (χ1n) is 4.92. The Balaban J connectivity index is 2.12. The topological polar surface area (TPSA) is 58.2 Å². The highest BCUT2D eigenvalue weighted by atomic mass is 35.5. The number of halogens is 1. The smallest absolute Gasteiger partial charge is 0.249 e. The molecule has 1 aliphatic rings. The highest BCUT2D eigenvalue weighted by Crippen LogP contribution is 2.21. The highest BCUT2D eigenvalue weighted by Gasteiger charge is 2.30. The van der Waals surface area contributed by atoms with Crippen LogP contribution in [0.2, 0.25) is 5.02 Å². The van der Waals surface area contributed by atoms with E-state index in [4.69, 9.17) is 11.6 Å². The maximum absolute atomic E-state index is 11.3. The molecule has 1 aromatic rings. The van der Waals surface area contributed by atoms with Crippen LogP contribution < -0.4 is 10.6 Å². The van der Waals surface area contributed by atoms with Crippen molar-refractivity contribution in [3.63, 3.8) is 0 Å². The van der Waals surface area contributed by atoms with E-state index in [2.05, 4.69) is 10.6 Å². The van der Waals surface area contributed by atoms with E-state index >= 15 is 0 Å². The zero-order valence-corrected chi connectivity index (χ0v) is 9.47. The molecule has 0 radical (unpaired) electrons. The summed E-state index contributed by atoms with van der Waals surface area (Å²) in [7, 11) is 0. The molecule has 1 aromatic carbocycles. The van der Waals surface area contributed by atoms with Crippen molar-refractivity contribution in [2.24, 2.45) is 0 Å². The summed E-state index contributed by atoms with van der Waals surface area (Å²) in [6.45, 7) is 1.90. The minimum absolute atomic E-state index is 0.171. The first-order valence-corrected chi connectivity index (χ1v) is 5.30. The van der Waals surface area contributed by atoms with Gasteiger partial charge in [0.1, 0.15) is 6.04 Å². The number of carbonyl (C=O) groups excluding carboxylic acids is 2. The van der Waals surface area contributed by atoms with Crippen LogP contribution >= 0.6 is 11.6 Å². The number of amides is 2. The summed E-state index contributed by atoms with van der Waals surface area (Å²) >= 11 is 5.96. The third kappa shape index (κ3) is 2.17. The summed E-state index contributed by atoms with van der Waals surface area (Å²) in [5, 5.41) is 5.85. The van der Waals surface area contributed by atoms with Gasteiger partial charge in [-0.15, -0.1) is 0 Å². The molecule has 0 saturated carbocycles. The summed E-state index contributed by atoms with van der Waals surface area (Å²) in [5.74, 6) is -0.539. The van der Waals surface area contributed by atoms with E-state index in [-0.39, 0.29) is 18.2 Å². The number of aryl methyl sites for hydroxylation is 1. The fraction of sp³-hybridized carbons (Fsp3) is 0.273. The number of imide groups is 1. The monoisotopic (exact) mass is 238 g/mol. The molecule has 1 atom stereocenters. The molecule has 1 saturated heterocycles. The number of hydrogen-bond acceptors (Lipinski definition) is 3. The lowest BCUT2D eigenvalue weighted by atomic mass is 10.2. The Morgan fingerprint density at radius 3 is 2.75 bits per heavy atom. The van der Waals surface area contributed by atoms with E-state index in [9.17, 15) is 9.59 Å². The third-order valence-corrected chi connectivity index (χ3v) is 2.89. The van der Waals surface area contributed by atoms with Crippen molar-refractivity contribution < 1.29 is 9.59 Å². The van der Waals surface area contributed by atoms with Crippen molar-refractivity contribution in [1.29, 1.82) is 0 Å². The second-order valence-electron chi connectivity index (χ2n) is 3.78. The molecule has 16 heavy (non-hydrogen) atoms. The standard InChI is InChI=1S/C11H11ClN2O2/c1-6-2-3-7(4-8(6)12)13-9-5-10(15)14-11(9)16/h2-4,9,13H,5H2,1H3,(H,14,15,16). The SMILES string of the molecule is Cc1ccc(NC2CC(=O)NC2=O)cc1Cl. The van der Waals surface area contributed by atoms with E-state index < -0.39 is 6.04 Å². The Kier molecular flexibility index (Phi) is 2.83. The zero-order valence-electron chi connectivity index (χ0n) is 8.71. The van der Waals surface area contributed by atoms with Crippen molar-refractivity contribution in [2.75, 3.05) is 5.32 Å². The van der Waals surface area contributed by atoms with Gasteiger partial charge in [-0.25, -0.2) is 0 Å². The maximum Gasteiger partial charge on any atom is 0.249 e. The van der Waals surface area contributed by atoms with E-state index in [1.165, 1.54) is 0 Å². The number of rotatable bonds is 2. The zero-order chi connectivity index (χ0) is 11.7. The molecule has 0 aromatic heterocycles. The van der Waals surface area contributed by atoms with E-state index in [0.717, 1.165) is 11.3 Å². The summed E-state index contributed by atoms with van der Waals surface area (Å²) in [5.41, 5.74) is 1.71. The largest absolute Gasteiger partial charge is 0.373 e. The molecule has 2 rings (SSSR count). The number of carbonyl (C=O) groups is 2.